The Balaban J connectivity index is 1.87. The fourth-order valence-corrected chi connectivity index (χ4v) is 2.95. The minimum atomic E-state index is 0.00240. The molecule has 1 saturated heterocycles. The van der Waals surface area contributed by atoms with Crippen LogP contribution >= 0.6 is 0 Å². The Bertz CT molecular complexity index is 678. The molecule has 1 fully saturated rings. The van der Waals surface area contributed by atoms with Gasteiger partial charge in [-0.2, -0.15) is 0 Å². The van der Waals surface area contributed by atoms with Gasteiger partial charge in [-0.15, -0.1) is 0 Å². The fraction of sp³-hybridized carbons (Fsp3) is 0.471. The third-order valence-electron chi connectivity index (χ3n) is 4.20. The molecule has 21 heavy (non-hydrogen) atoms. The van der Waals surface area contributed by atoms with E-state index in [1.807, 2.05) is 32.0 Å². The Hall–Kier alpha value is -1.81. The number of H-pyrrole nitrogens is 1. The normalized spacial score (nSPS) is 15.7. The summed E-state index contributed by atoms with van der Waals surface area (Å²) in [4.78, 5) is 17.1. The lowest BCUT2D eigenvalue weighted by atomic mass is 10.1. The van der Waals surface area contributed by atoms with Gasteiger partial charge in [-0.1, -0.05) is 6.92 Å². The van der Waals surface area contributed by atoms with Gasteiger partial charge >= 0.3 is 0 Å². The van der Waals surface area contributed by atoms with Gasteiger partial charge in [-0.05, 0) is 57.5 Å². The van der Waals surface area contributed by atoms with Crippen LogP contribution in [0.1, 0.15) is 36.8 Å². The quantitative estimate of drug-likeness (QED) is 0.939. The van der Waals surface area contributed by atoms with Gasteiger partial charge in [0.25, 0.3) is 5.56 Å². The Morgan fingerprint density at radius 1 is 1.29 bits per heavy atom. The van der Waals surface area contributed by atoms with Crippen molar-refractivity contribution in [1.82, 2.24) is 9.88 Å². The van der Waals surface area contributed by atoms with E-state index in [9.17, 15) is 4.79 Å². The molecule has 0 atom stereocenters. The molecule has 2 aromatic heterocycles. The molecule has 0 aromatic carbocycles. The molecule has 3 heterocycles. The van der Waals surface area contributed by atoms with E-state index in [-0.39, 0.29) is 5.56 Å². The second-order valence-electron chi connectivity index (χ2n) is 5.77. The highest BCUT2D eigenvalue weighted by atomic mass is 16.3. The number of aryl methyl sites for hydroxylation is 2. The number of likely N-dealkylation sites (tertiary alicyclic amines) is 1. The first-order chi connectivity index (χ1) is 10.2. The number of furan rings is 1. The van der Waals surface area contributed by atoms with Crippen molar-refractivity contribution in [2.75, 3.05) is 13.1 Å². The molecule has 1 N–H and O–H groups in total. The number of aromatic nitrogens is 1. The van der Waals surface area contributed by atoms with Gasteiger partial charge < -0.3 is 9.40 Å². The van der Waals surface area contributed by atoms with Gasteiger partial charge in [0.1, 0.15) is 11.5 Å². The van der Waals surface area contributed by atoms with Crippen LogP contribution < -0.4 is 5.56 Å². The minimum absolute atomic E-state index is 0.00240. The van der Waals surface area contributed by atoms with Crippen LogP contribution in [0.25, 0.3) is 11.3 Å². The molecular weight excluding hydrogens is 264 g/mol. The SMILES string of the molecule is CCc1cc(-c2ccc(CN3CCCC3)o2)c(C)[nH]c1=O. The molecule has 0 radical (unpaired) electrons. The van der Waals surface area contributed by atoms with Gasteiger partial charge in [0.05, 0.1) is 6.54 Å². The maximum absolute atomic E-state index is 11.8. The molecule has 1 aliphatic heterocycles. The molecule has 0 saturated carbocycles. The average Bonchev–Trinajstić information content (AvgIpc) is 3.11. The first-order valence-electron chi connectivity index (χ1n) is 7.71. The Kier molecular flexibility index (Phi) is 3.97. The molecular formula is C17H22N2O2. The van der Waals surface area contributed by atoms with Crippen molar-refractivity contribution >= 4 is 0 Å². The largest absolute Gasteiger partial charge is 0.460 e. The summed E-state index contributed by atoms with van der Waals surface area (Å²) in [7, 11) is 0. The average molecular weight is 286 g/mol. The van der Waals surface area contributed by atoms with E-state index in [1.54, 1.807) is 0 Å². The van der Waals surface area contributed by atoms with E-state index < -0.39 is 0 Å². The second kappa shape index (κ2) is 5.90. The zero-order chi connectivity index (χ0) is 14.8. The summed E-state index contributed by atoms with van der Waals surface area (Å²) in [5.74, 6) is 1.84. The van der Waals surface area contributed by atoms with Crippen molar-refractivity contribution in [3.63, 3.8) is 0 Å². The van der Waals surface area contributed by atoms with Gasteiger partial charge in [0, 0.05) is 16.8 Å². The predicted octanol–water partition coefficient (Wildman–Crippen LogP) is 3.10. The van der Waals surface area contributed by atoms with Crippen molar-refractivity contribution in [1.29, 1.82) is 0 Å². The van der Waals surface area contributed by atoms with E-state index >= 15 is 0 Å². The summed E-state index contributed by atoms with van der Waals surface area (Å²) in [5.41, 5.74) is 2.65. The van der Waals surface area contributed by atoms with Crippen LogP contribution in [0.2, 0.25) is 0 Å². The van der Waals surface area contributed by atoms with E-state index in [2.05, 4.69) is 9.88 Å². The van der Waals surface area contributed by atoms with E-state index in [1.165, 1.54) is 12.8 Å². The molecule has 0 bridgehead atoms. The van der Waals surface area contributed by atoms with E-state index in [0.29, 0.717) is 0 Å². The van der Waals surface area contributed by atoms with Crippen LogP contribution in [0.15, 0.2) is 27.4 Å². The number of hydrogen-bond donors (Lipinski definition) is 1. The maximum Gasteiger partial charge on any atom is 0.251 e. The topological polar surface area (TPSA) is 49.2 Å². The fourth-order valence-electron chi connectivity index (χ4n) is 2.95. The second-order valence-corrected chi connectivity index (χ2v) is 5.77. The van der Waals surface area contributed by atoms with Gasteiger partial charge in [-0.3, -0.25) is 9.69 Å². The molecule has 0 amide bonds. The lowest BCUT2D eigenvalue weighted by Gasteiger charge is -2.12. The lowest BCUT2D eigenvalue weighted by Crippen LogP contribution is -2.17. The number of pyridine rings is 1. The van der Waals surface area contributed by atoms with E-state index in [4.69, 9.17) is 4.42 Å². The highest BCUT2D eigenvalue weighted by molar-refractivity contribution is 5.61. The standard InChI is InChI=1S/C17H22N2O2/c1-3-13-10-15(12(2)18-17(13)20)16-7-6-14(21-16)11-19-8-4-5-9-19/h6-7,10H,3-5,8-9,11H2,1-2H3,(H,18,20). The van der Waals surface area contributed by atoms with Crippen molar-refractivity contribution in [2.45, 2.75) is 39.7 Å². The van der Waals surface area contributed by atoms with Crippen LogP contribution in [-0.4, -0.2) is 23.0 Å². The Morgan fingerprint density at radius 3 is 2.76 bits per heavy atom. The summed E-state index contributed by atoms with van der Waals surface area (Å²) in [6.45, 7) is 7.11. The molecule has 1 aliphatic rings. The molecule has 4 heteroatoms. The van der Waals surface area contributed by atoms with Crippen molar-refractivity contribution in [2.24, 2.45) is 0 Å². The van der Waals surface area contributed by atoms with Crippen molar-refractivity contribution < 1.29 is 4.42 Å². The highest BCUT2D eigenvalue weighted by Crippen LogP contribution is 2.25. The summed E-state index contributed by atoms with van der Waals surface area (Å²) in [5, 5.41) is 0. The predicted molar refractivity (Wildman–Crippen MR) is 83.4 cm³/mol. The Morgan fingerprint density at radius 2 is 2.05 bits per heavy atom. The number of nitrogens with zero attached hydrogens (tertiary/aromatic N) is 1. The summed E-state index contributed by atoms with van der Waals surface area (Å²) < 4.78 is 5.99. The molecule has 2 aromatic rings. The highest BCUT2D eigenvalue weighted by Gasteiger charge is 2.15. The number of hydrogen-bond acceptors (Lipinski definition) is 3. The van der Waals surface area contributed by atoms with Gasteiger partial charge in [0.2, 0.25) is 0 Å². The summed E-state index contributed by atoms with van der Waals surface area (Å²) in [6, 6.07) is 6.00. The monoisotopic (exact) mass is 286 g/mol. The van der Waals surface area contributed by atoms with Crippen LogP contribution in [0.4, 0.5) is 0 Å². The lowest BCUT2D eigenvalue weighted by molar-refractivity contribution is 0.299. The Labute approximate surface area is 124 Å². The number of aromatic amines is 1. The first kappa shape index (κ1) is 14.1. The third-order valence-corrected chi connectivity index (χ3v) is 4.20. The van der Waals surface area contributed by atoms with Crippen LogP contribution in [0.5, 0.6) is 0 Å². The third kappa shape index (κ3) is 2.95. The molecule has 0 aliphatic carbocycles. The zero-order valence-electron chi connectivity index (χ0n) is 12.7. The minimum Gasteiger partial charge on any atom is -0.460 e. The maximum atomic E-state index is 11.8. The zero-order valence-corrected chi connectivity index (χ0v) is 12.7. The van der Waals surface area contributed by atoms with Crippen molar-refractivity contribution in [3.05, 3.63) is 45.6 Å². The van der Waals surface area contributed by atoms with Crippen LogP contribution in [0.3, 0.4) is 0 Å². The van der Waals surface area contributed by atoms with Crippen LogP contribution in [-0.2, 0) is 13.0 Å². The first-order valence-corrected chi connectivity index (χ1v) is 7.71. The number of rotatable bonds is 4. The van der Waals surface area contributed by atoms with Gasteiger partial charge in [-0.25, -0.2) is 0 Å². The van der Waals surface area contributed by atoms with Crippen molar-refractivity contribution in [3.8, 4) is 11.3 Å². The molecule has 0 unspecified atom stereocenters. The smallest absolute Gasteiger partial charge is 0.251 e. The molecule has 3 rings (SSSR count). The molecule has 4 nitrogen and oxygen atoms in total. The number of nitrogens with one attached hydrogen (secondary N) is 1. The summed E-state index contributed by atoms with van der Waals surface area (Å²) >= 11 is 0. The van der Waals surface area contributed by atoms with E-state index in [0.717, 1.165) is 54.4 Å². The molecule has 112 valence electrons. The van der Waals surface area contributed by atoms with Crippen LogP contribution in [0, 0.1) is 6.92 Å². The van der Waals surface area contributed by atoms with Gasteiger partial charge in [0.15, 0.2) is 0 Å². The molecule has 0 spiro atoms. The summed E-state index contributed by atoms with van der Waals surface area (Å²) in [6.07, 6.45) is 3.29.